The Kier molecular flexibility index (Phi) is 5.09. The Labute approximate surface area is 189 Å². The Morgan fingerprint density at radius 3 is 2.56 bits per heavy atom. The molecule has 9 heteroatoms. The van der Waals surface area contributed by atoms with Crippen molar-refractivity contribution in [3.05, 3.63) is 100 Å². The Hall–Kier alpha value is -4.53. The number of hydrogen-bond acceptors (Lipinski definition) is 3. The minimum absolute atomic E-state index is 0.111. The molecule has 0 saturated carbocycles. The quantitative estimate of drug-likeness (QED) is 0.336. The second-order valence-corrected chi connectivity index (χ2v) is 7.62. The summed E-state index contributed by atoms with van der Waals surface area (Å²) >= 11 is 0. The van der Waals surface area contributed by atoms with Crippen molar-refractivity contribution in [2.45, 2.75) is 6.54 Å². The number of carbonyl (C=O) groups is 1. The number of fused-ring (bicyclic) bond motifs is 2. The standard InChI is InChI=1S/C25H15F3N2O4/c26-17-6-7-18(27)23-22(17)24(31)21(34-25(32)33)12-30(23)11-14-5-4-13(10-19(14)28)15-2-1-3-20-16(15)8-9-29-20/h1-10,12,29H,11H2,(H,32,33). The lowest BCUT2D eigenvalue weighted by Gasteiger charge is -2.15. The lowest BCUT2D eigenvalue weighted by Crippen LogP contribution is -2.18. The highest BCUT2D eigenvalue weighted by Gasteiger charge is 2.20. The summed E-state index contributed by atoms with van der Waals surface area (Å²) in [7, 11) is 0. The van der Waals surface area contributed by atoms with Crippen molar-refractivity contribution in [1.82, 2.24) is 9.55 Å². The second-order valence-electron chi connectivity index (χ2n) is 7.62. The number of hydrogen-bond donors (Lipinski definition) is 2. The van der Waals surface area contributed by atoms with Gasteiger partial charge in [0.15, 0.2) is 5.75 Å². The van der Waals surface area contributed by atoms with E-state index in [0.717, 1.165) is 39.4 Å². The average Bonchev–Trinajstić information content (AvgIpc) is 3.28. The van der Waals surface area contributed by atoms with Crippen LogP contribution in [0.25, 0.3) is 32.9 Å². The maximum atomic E-state index is 15.1. The fourth-order valence-electron chi connectivity index (χ4n) is 4.08. The third-order valence-corrected chi connectivity index (χ3v) is 5.59. The van der Waals surface area contributed by atoms with E-state index in [9.17, 15) is 18.4 Å². The van der Waals surface area contributed by atoms with Crippen LogP contribution >= 0.6 is 0 Å². The minimum atomic E-state index is -1.80. The molecule has 0 aliphatic rings. The van der Waals surface area contributed by atoms with Crippen LogP contribution in [0, 0.1) is 17.5 Å². The van der Waals surface area contributed by atoms with Gasteiger partial charge in [-0.05, 0) is 41.5 Å². The summed E-state index contributed by atoms with van der Waals surface area (Å²) in [6.45, 7) is -0.312. The summed E-state index contributed by atoms with van der Waals surface area (Å²) in [6, 6.07) is 13.6. The smallest absolute Gasteiger partial charge is 0.449 e. The minimum Gasteiger partial charge on any atom is -0.449 e. The van der Waals surface area contributed by atoms with E-state index in [1.54, 1.807) is 12.3 Å². The number of halogens is 3. The van der Waals surface area contributed by atoms with Gasteiger partial charge >= 0.3 is 6.16 Å². The average molecular weight is 464 g/mol. The summed E-state index contributed by atoms with van der Waals surface area (Å²) in [6.07, 6.45) is 0.911. The zero-order valence-corrected chi connectivity index (χ0v) is 17.3. The van der Waals surface area contributed by atoms with Gasteiger partial charge in [-0.2, -0.15) is 0 Å². The van der Waals surface area contributed by atoms with E-state index in [2.05, 4.69) is 9.72 Å². The number of rotatable bonds is 4. The molecule has 170 valence electrons. The number of ether oxygens (including phenoxy) is 1. The molecule has 0 unspecified atom stereocenters. The lowest BCUT2D eigenvalue weighted by atomic mass is 10.00. The Balaban J connectivity index is 1.63. The number of carboxylic acid groups (broad SMARTS) is 1. The van der Waals surface area contributed by atoms with Crippen molar-refractivity contribution in [2.24, 2.45) is 0 Å². The molecule has 0 bridgehead atoms. The molecule has 3 aromatic carbocycles. The zero-order chi connectivity index (χ0) is 24.0. The van der Waals surface area contributed by atoms with Gasteiger partial charge in [-0.3, -0.25) is 4.79 Å². The molecular formula is C25H15F3N2O4. The highest BCUT2D eigenvalue weighted by molar-refractivity contribution is 5.95. The van der Waals surface area contributed by atoms with Gasteiger partial charge in [0.05, 0.1) is 23.6 Å². The molecule has 0 amide bonds. The molecule has 2 heterocycles. The predicted molar refractivity (Wildman–Crippen MR) is 120 cm³/mol. The van der Waals surface area contributed by atoms with Gasteiger partial charge in [-0.25, -0.2) is 18.0 Å². The predicted octanol–water partition coefficient (Wildman–Crippen LogP) is 5.67. The van der Waals surface area contributed by atoms with Gasteiger partial charge in [0.1, 0.15) is 17.5 Å². The van der Waals surface area contributed by atoms with Gasteiger partial charge in [-0.1, -0.05) is 24.3 Å². The van der Waals surface area contributed by atoms with Crippen LogP contribution in [0.4, 0.5) is 18.0 Å². The largest absolute Gasteiger partial charge is 0.511 e. The summed E-state index contributed by atoms with van der Waals surface area (Å²) in [5, 5.41) is 9.14. The summed E-state index contributed by atoms with van der Waals surface area (Å²) in [5.74, 6) is -3.32. The van der Waals surface area contributed by atoms with Crippen molar-refractivity contribution in [1.29, 1.82) is 0 Å². The van der Waals surface area contributed by atoms with Crippen molar-refractivity contribution < 1.29 is 27.8 Å². The van der Waals surface area contributed by atoms with Gasteiger partial charge in [0.2, 0.25) is 5.43 Å². The SMILES string of the molecule is O=C(O)Oc1cn(Cc2ccc(-c3cccc4[nH]ccc34)cc2F)c2c(F)ccc(F)c2c1=O. The highest BCUT2D eigenvalue weighted by atomic mass is 19.1. The van der Waals surface area contributed by atoms with Crippen LogP contribution in [0.3, 0.4) is 0 Å². The van der Waals surface area contributed by atoms with Crippen LogP contribution in [0.2, 0.25) is 0 Å². The van der Waals surface area contributed by atoms with Crippen LogP contribution in [0.1, 0.15) is 5.56 Å². The van der Waals surface area contributed by atoms with Gasteiger partial charge in [0, 0.05) is 22.7 Å². The highest BCUT2D eigenvalue weighted by Crippen LogP contribution is 2.30. The van der Waals surface area contributed by atoms with E-state index >= 15 is 4.39 Å². The third kappa shape index (κ3) is 3.57. The van der Waals surface area contributed by atoms with E-state index in [1.165, 1.54) is 12.1 Å². The van der Waals surface area contributed by atoms with Crippen LogP contribution < -0.4 is 10.2 Å². The second kappa shape index (κ2) is 8.11. The Morgan fingerprint density at radius 1 is 1.00 bits per heavy atom. The molecule has 5 aromatic rings. The van der Waals surface area contributed by atoms with E-state index < -0.39 is 45.7 Å². The molecule has 5 rings (SSSR count). The van der Waals surface area contributed by atoms with Gasteiger partial charge < -0.3 is 19.4 Å². The van der Waals surface area contributed by atoms with Crippen molar-refractivity contribution in [3.8, 4) is 16.9 Å². The van der Waals surface area contributed by atoms with Crippen molar-refractivity contribution >= 4 is 28.0 Å². The zero-order valence-electron chi connectivity index (χ0n) is 17.3. The van der Waals surface area contributed by atoms with E-state index in [1.807, 2.05) is 24.3 Å². The molecule has 0 radical (unpaired) electrons. The molecule has 0 aliphatic carbocycles. The molecule has 0 spiro atoms. The normalized spacial score (nSPS) is 11.3. The van der Waals surface area contributed by atoms with Crippen molar-refractivity contribution in [2.75, 3.05) is 0 Å². The maximum Gasteiger partial charge on any atom is 0.511 e. The van der Waals surface area contributed by atoms with Crippen LogP contribution in [0.5, 0.6) is 5.75 Å². The molecule has 0 fully saturated rings. The number of aromatic amines is 1. The Morgan fingerprint density at radius 2 is 1.79 bits per heavy atom. The number of H-pyrrole nitrogens is 1. The van der Waals surface area contributed by atoms with Gasteiger partial charge in [0.25, 0.3) is 0 Å². The molecule has 0 aliphatic heterocycles. The molecule has 0 saturated heterocycles. The van der Waals surface area contributed by atoms with Crippen LogP contribution in [-0.2, 0) is 6.54 Å². The first-order valence-corrected chi connectivity index (χ1v) is 10.1. The number of pyridine rings is 1. The van der Waals surface area contributed by atoms with Gasteiger partial charge in [-0.15, -0.1) is 0 Å². The molecule has 34 heavy (non-hydrogen) atoms. The first kappa shape index (κ1) is 21.3. The molecule has 0 atom stereocenters. The van der Waals surface area contributed by atoms with Crippen molar-refractivity contribution in [3.63, 3.8) is 0 Å². The molecule has 2 aromatic heterocycles. The maximum absolute atomic E-state index is 15.1. The lowest BCUT2D eigenvalue weighted by molar-refractivity contribution is 0.143. The number of nitrogens with zero attached hydrogens (tertiary/aromatic N) is 1. The van der Waals surface area contributed by atoms with E-state index in [0.29, 0.717) is 5.56 Å². The summed E-state index contributed by atoms with van der Waals surface area (Å²) in [4.78, 5) is 26.6. The number of nitrogens with one attached hydrogen (secondary N) is 1. The summed E-state index contributed by atoms with van der Waals surface area (Å²) < 4.78 is 49.7. The molecular weight excluding hydrogens is 449 g/mol. The Bertz CT molecular complexity index is 1660. The number of benzene rings is 3. The molecule has 2 N–H and O–H groups in total. The summed E-state index contributed by atoms with van der Waals surface area (Å²) in [5.41, 5.74) is 0.876. The van der Waals surface area contributed by atoms with Crippen LogP contribution in [-0.4, -0.2) is 20.8 Å². The monoisotopic (exact) mass is 464 g/mol. The third-order valence-electron chi connectivity index (χ3n) is 5.59. The first-order chi connectivity index (χ1) is 16.3. The first-order valence-electron chi connectivity index (χ1n) is 10.1. The van der Waals surface area contributed by atoms with E-state index in [4.69, 9.17) is 5.11 Å². The fourth-order valence-corrected chi connectivity index (χ4v) is 4.08. The molecule has 6 nitrogen and oxygen atoms in total. The number of aromatic nitrogens is 2. The van der Waals surface area contributed by atoms with Crippen LogP contribution in [0.15, 0.2) is 71.8 Å². The fraction of sp³-hybridized carbons (Fsp3) is 0.0400. The van der Waals surface area contributed by atoms with E-state index in [-0.39, 0.29) is 12.1 Å². The topological polar surface area (TPSA) is 84.3 Å².